The molecule has 0 radical (unpaired) electrons. The minimum Gasteiger partial charge on any atom is -0.507 e. The first kappa shape index (κ1) is 12.9. The Morgan fingerprint density at radius 2 is 1.68 bits per heavy atom. The molecule has 2 rings (SSSR count). The maximum atomic E-state index is 11.8. The minimum atomic E-state index is -0.537. The van der Waals surface area contributed by atoms with Crippen LogP contribution in [0.3, 0.4) is 0 Å². The summed E-state index contributed by atoms with van der Waals surface area (Å²) in [6.45, 7) is 3.85. The van der Waals surface area contributed by atoms with Gasteiger partial charge in [0, 0.05) is 5.56 Å². The third kappa shape index (κ3) is 3.22. The van der Waals surface area contributed by atoms with Crippen molar-refractivity contribution in [2.75, 3.05) is 0 Å². The Bertz CT molecular complexity index is 588. The summed E-state index contributed by atoms with van der Waals surface area (Å²) in [5.41, 5.74) is 1.44. The molecule has 0 saturated carbocycles. The van der Waals surface area contributed by atoms with Crippen LogP contribution in [0.15, 0.2) is 61.2 Å². The van der Waals surface area contributed by atoms with Crippen LogP contribution in [0.5, 0.6) is 5.75 Å². The van der Waals surface area contributed by atoms with E-state index in [1.165, 1.54) is 6.07 Å². The Labute approximate surface area is 111 Å². The smallest absolute Gasteiger partial charge is 0.338 e. The topological polar surface area (TPSA) is 46.5 Å². The summed E-state index contributed by atoms with van der Waals surface area (Å²) >= 11 is 0. The Kier molecular flexibility index (Phi) is 3.98. The van der Waals surface area contributed by atoms with Crippen LogP contribution in [-0.2, 0) is 16.1 Å². The second-order valence-electron chi connectivity index (χ2n) is 4.06. The maximum Gasteiger partial charge on any atom is 0.338 e. The highest BCUT2D eigenvalue weighted by Crippen LogP contribution is 2.24. The second kappa shape index (κ2) is 5.87. The van der Waals surface area contributed by atoms with Gasteiger partial charge in [0.15, 0.2) is 0 Å². The lowest BCUT2D eigenvalue weighted by molar-refractivity contribution is -0.137. The summed E-state index contributed by atoms with van der Waals surface area (Å²) in [5, 5.41) is 9.65. The van der Waals surface area contributed by atoms with E-state index in [2.05, 4.69) is 6.58 Å². The van der Waals surface area contributed by atoms with E-state index < -0.39 is 5.97 Å². The van der Waals surface area contributed by atoms with E-state index in [-0.39, 0.29) is 17.9 Å². The highest BCUT2D eigenvalue weighted by atomic mass is 16.5. The normalized spacial score (nSPS) is 9.89. The molecule has 2 aromatic rings. The Morgan fingerprint density at radius 1 is 1.05 bits per heavy atom. The number of hydrogen-bond donors (Lipinski definition) is 1. The molecule has 3 heteroatoms. The van der Waals surface area contributed by atoms with Gasteiger partial charge >= 0.3 is 5.97 Å². The fraction of sp³-hybridized carbons (Fsp3) is 0.0625. The van der Waals surface area contributed by atoms with E-state index in [1.807, 2.05) is 30.3 Å². The maximum absolute atomic E-state index is 11.8. The first-order valence-electron chi connectivity index (χ1n) is 5.87. The average molecular weight is 254 g/mol. The van der Waals surface area contributed by atoms with Gasteiger partial charge in [-0.25, -0.2) is 4.79 Å². The summed E-state index contributed by atoms with van der Waals surface area (Å²) in [5.74, 6) is -0.519. The summed E-state index contributed by atoms with van der Waals surface area (Å²) in [4.78, 5) is 11.8. The number of phenols is 1. The van der Waals surface area contributed by atoms with Crippen LogP contribution in [0.1, 0.15) is 11.1 Å². The largest absolute Gasteiger partial charge is 0.507 e. The van der Waals surface area contributed by atoms with Crippen molar-refractivity contribution < 1.29 is 14.6 Å². The Balaban J connectivity index is 2.01. The number of ether oxygens (including phenoxy) is 1. The molecule has 0 atom stereocenters. The van der Waals surface area contributed by atoms with Crippen LogP contribution >= 0.6 is 0 Å². The molecule has 19 heavy (non-hydrogen) atoms. The van der Waals surface area contributed by atoms with Gasteiger partial charge in [-0.3, -0.25) is 0 Å². The lowest BCUT2D eigenvalue weighted by atomic mass is 10.1. The molecule has 0 spiro atoms. The highest BCUT2D eigenvalue weighted by molar-refractivity contribution is 6.16. The average Bonchev–Trinajstić information content (AvgIpc) is 2.45. The van der Waals surface area contributed by atoms with Crippen LogP contribution in [-0.4, -0.2) is 11.1 Å². The quantitative estimate of drug-likeness (QED) is 0.673. The van der Waals surface area contributed by atoms with Crippen LogP contribution in [0.2, 0.25) is 0 Å². The van der Waals surface area contributed by atoms with Gasteiger partial charge < -0.3 is 9.84 Å². The Hall–Kier alpha value is -2.55. The zero-order valence-electron chi connectivity index (χ0n) is 10.4. The van der Waals surface area contributed by atoms with Crippen molar-refractivity contribution in [2.24, 2.45) is 0 Å². The molecule has 3 nitrogen and oxygen atoms in total. The molecule has 0 aliphatic carbocycles. The van der Waals surface area contributed by atoms with Crippen LogP contribution in [0, 0.1) is 0 Å². The van der Waals surface area contributed by atoms with Crippen molar-refractivity contribution in [1.29, 1.82) is 0 Å². The molecule has 0 saturated heterocycles. The number of phenolic OH excluding ortho intramolecular Hbond substituents is 1. The first-order chi connectivity index (χ1) is 9.18. The van der Waals surface area contributed by atoms with Gasteiger partial charge in [0.1, 0.15) is 12.4 Å². The van der Waals surface area contributed by atoms with E-state index in [9.17, 15) is 9.90 Å². The number of rotatable bonds is 4. The van der Waals surface area contributed by atoms with Crippen molar-refractivity contribution >= 4 is 11.5 Å². The number of para-hydroxylation sites is 1. The van der Waals surface area contributed by atoms with Gasteiger partial charge in [-0.1, -0.05) is 55.1 Å². The number of hydrogen-bond acceptors (Lipinski definition) is 3. The van der Waals surface area contributed by atoms with Crippen molar-refractivity contribution in [1.82, 2.24) is 0 Å². The first-order valence-corrected chi connectivity index (χ1v) is 5.87. The van der Waals surface area contributed by atoms with Gasteiger partial charge in [-0.15, -0.1) is 0 Å². The third-order valence-electron chi connectivity index (χ3n) is 2.69. The van der Waals surface area contributed by atoms with Crippen molar-refractivity contribution in [2.45, 2.75) is 6.61 Å². The van der Waals surface area contributed by atoms with Crippen LogP contribution in [0.4, 0.5) is 0 Å². The molecule has 0 aromatic heterocycles. The zero-order valence-corrected chi connectivity index (χ0v) is 10.4. The van der Waals surface area contributed by atoms with Crippen molar-refractivity contribution in [3.8, 4) is 5.75 Å². The van der Waals surface area contributed by atoms with Gasteiger partial charge in [-0.05, 0) is 11.6 Å². The molecule has 0 amide bonds. The Morgan fingerprint density at radius 3 is 2.37 bits per heavy atom. The number of benzene rings is 2. The fourth-order valence-corrected chi connectivity index (χ4v) is 1.65. The molecule has 0 fully saturated rings. The SMILES string of the molecule is C=C(C(=O)OCc1ccccc1)c1ccccc1O. The number of esters is 1. The van der Waals surface area contributed by atoms with E-state index in [0.29, 0.717) is 5.56 Å². The molecule has 2 aromatic carbocycles. The summed E-state index contributed by atoms with van der Waals surface area (Å²) in [7, 11) is 0. The van der Waals surface area contributed by atoms with E-state index in [1.54, 1.807) is 18.2 Å². The van der Waals surface area contributed by atoms with Crippen LogP contribution < -0.4 is 0 Å². The number of aromatic hydroxyl groups is 1. The van der Waals surface area contributed by atoms with Gasteiger partial charge in [0.25, 0.3) is 0 Å². The van der Waals surface area contributed by atoms with E-state index in [4.69, 9.17) is 4.74 Å². The lowest BCUT2D eigenvalue weighted by Gasteiger charge is -2.08. The predicted octanol–water partition coefficient (Wildman–Crippen LogP) is 3.15. The molecule has 96 valence electrons. The molecule has 0 aliphatic heterocycles. The van der Waals surface area contributed by atoms with Crippen molar-refractivity contribution in [3.63, 3.8) is 0 Å². The summed E-state index contributed by atoms with van der Waals surface area (Å²) < 4.78 is 5.15. The van der Waals surface area contributed by atoms with E-state index in [0.717, 1.165) is 5.56 Å². The molecule has 0 heterocycles. The van der Waals surface area contributed by atoms with Crippen LogP contribution in [0.25, 0.3) is 5.57 Å². The predicted molar refractivity (Wildman–Crippen MR) is 73.4 cm³/mol. The standard InChI is InChI=1S/C16H14O3/c1-12(14-9-5-6-10-15(14)17)16(18)19-11-13-7-3-2-4-8-13/h2-10,17H,1,11H2. The summed E-state index contributed by atoms with van der Waals surface area (Å²) in [6, 6.07) is 15.9. The molecule has 0 unspecified atom stereocenters. The lowest BCUT2D eigenvalue weighted by Crippen LogP contribution is -2.06. The zero-order chi connectivity index (χ0) is 13.7. The highest BCUT2D eigenvalue weighted by Gasteiger charge is 2.14. The second-order valence-corrected chi connectivity index (χ2v) is 4.06. The van der Waals surface area contributed by atoms with Gasteiger partial charge in [0.05, 0.1) is 5.57 Å². The monoisotopic (exact) mass is 254 g/mol. The van der Waals surface area contributed by atoms with Gasteiger partial charge in [-0.2, -0.15) is 0 Å². The van der Waals surface area contributed by atoms with Crippen molar-refractivity contribution in [3.05, 3.63) is 72.3 Å². The molecular weight excluding hydrogens is 240 g/mol. The number of carbonyl (C=O) groups excluding carboxylic acids is 1. The molecule has 0 bridgehead atoms. The van der Waals surface area contributed by atoms with Gasteiger partial charge in [0.2, 0.25) is 0 Å². The summed E-state index contributed by atoms with van der Waals surface area (Å²) in [6.07, 6.45) is 0. The molecular formula is C16H14O3. The number of carbonyl (C=O) groups is 1. The fourth-order valence-electron chi connectivity index (χ4n) is 1.65. The molecule has 1 N–H and O–H groups in total. The minimum absolute atomic E-state index is 0.0177. The molecule has 0 aliphatic rings. The third-order valence-corrected chi connectivity index (χ3v) is 2.69. The van der Waals surface area contributed by atoms with E-state index >= 15 is 0 Å².